The fraction of sp³-hybridized carbons (Fsp3) is 0.435. The zero-order valence-electron chi connectivity index (χ0n) is 19.0. The van der Waals surface area contributed by atoms with Gasteiger partial charge in [-0.1, -0.05) is 0 Å². The summed E-state index contributed by atoms with van der Waals surface area (Å²) in [5.74, 6) is 2.94. The van der Waals surface area contributed by atoms with Crippen molar-refractivity contribution in [2.75, 3.05) is 29.3 Å². The Kier molecular flexibility index (Phi) is 5.16. The molecular formula is C23H29N7OS. The number of aryl methyl sites for hydroxylation is 2. The second kappa shape index (κ2) is 7.88. The van der Waals surface area contributed by atoms with E-state index in [9.17, 15) is 4.79 Å². The highest BCUT2D eigenvalue weighted by molar-refractivity contribution is 8.32. The van der Waals surface area contributed by atoms with E-state index in [-0.39, 0.29) is 11.7 Å². The predicted octanol–water partition coefficient (Wildman–Crippen LogP) is 3.91. The number of fused-ring (bicyclic) bond motifs is 2. The Morgan fingerprint density at radius 1 is 1.06 bits per heavy atom. The number of nitrogens with one attached hydrogen (secondary N) is 1. The number of anilines is 2. The van der Waals surface area contributed by atoms with Gasteiger partial charge in [-0.05, 0) is 67.9 Å². The van der Waals surface area contributed by atoms with Gasteiger partial charge >= 0.3 is 5.69 Å². The first-order valence-electron chi connectivity index (χ1n) is 10.9. The van der Waals surface area contributed by atoms with Crippen molar-refractivity contribution in [1.29, 1.82) is 0 Å². The zero-order valence-corrected chi connectivity index (χ0v) is 19.8. The Bertz CT molecular complexity index is 1370. The maximum absolute atomic E-state index is 13.2. The molecule has 1 unspecified atom stereocenters. The lowest BCUT2D eigenvalue weighted by molar-refractivity contribution is 0.450. The number of benzene rings is 1. The standard InChI is InChI=1S/C23H29N7OS/c1-15-12-18-19(25-9-8-24-18)13-17(15)27-22-26-14-20-21(28-22)30(23(31)29(20)2)16-6-5-10-32(3,4)11-7-16/h8-9,12-14,16H,5-7,10-11H2,1-4H3,(H,26,27,28). The van der Waals surface area contributed by atoms with Crippen LogP contribution < -0.4 is 11.0 Å². The van der Waals surface area contributed by atoms with E-state index in [2.05, 4.69) is 32.8 Å². The van der Waals surface area contributed by atoms with Crippen molar-refractivity contribution in [2.24, 2.45) is 7.05 Å². The first-order valence-corrected chi connectivity index (χ1v) is 13.7. The Balaban J connectivity index is 1.55. The topological polar surface area (TPSA) is 90.5 Å². The molecule has 0 spiro atoms. The molecule has 1 fully saturated rings. The number of aromatic nitrogens is 6. The SMILES string of the molecule is Cc1cc2nccnc2cc1Nc1ncc2c(n1)n(C1CCCS(C)(C)CC1)c(=O)n2C. The fourth-order valence-corrected chi connectivity index (χ4v) is 6.63. The lowest BCUT2D eigenvalue weighted by atomic mass is 10.1. The Hall–Kier alpha value is -2.94. The highest BCUT2D eigenvalue weighted by Crippen LogP contribution is 2.46. The molecule has 1 aromatic carbocycles. The molecule has 0 bridgehead atoms. The molecule has 1 aliphatic rings. The van der Waals surface area contributed by atoms with Crippen LogP contribution in [-0.2, 0) is 7.05 Å². The van der Waals surface area contributed by atoms with Gasteiger partial charge in [-0.25, -0.2) is 19.8 Å². The zero-order chi connectivity index (χ0) is 22.5. The van der Waals surface area contributed by atoms with Gasteiger partial charge < -0.3 is 5.32 Å². The monoisotopic (exact) mass is 451 g/mol. The number of rotatable bonds is 3. The number of hydrogen-bond donors (Lipinski definition) is 1. The van der Waals surface area contributed by atoms with Gasteiger partial charge in [0.2, 0.25) is 5.95 Å². The summed E-state index contributed by atoms with van der Waals surface area (Å²) in [6.07, 6.45) is 13.1. The van der Waals surface area contributed by atoms with Gasteiger partial charge in [-0.3, -0.25) is 19.1 Å². The first kappa shape index (κ1) is 20.9. The second-order valence-electron chi connectivity index (χ2n) is 9.21. The van der Waals surface area contributed by atoms with E-state index >= 15 is 0 Å². The summed E-state index contributed by atoms with van der Waals surface area (Å²) in [5, 5.41) is 3.33. The highest BCUT2D eigenvalue weighted by Gasteiger charge is 2.26. The van der Waals surface area contributed by atoms with Crippen molar-refractivity contribution in [1.82, 2.24) is 29.1 Å². The number of hydrogen-bond acceptors (Lipinski definition) is 6. The Labute approximate surface area is 188 Å². The molecule has 32 heavy (non-hydrogen) atoms. The largest absolute Gasteiger partial charge is 0.330 e. The summed E-state index contributed by atoms with van der Waals surface area (Å²) >= 11 is 0. The molecule has 8 nitrogen and oxygen atoms in total. The van der Waals surface area contributed by atoms with E-state index in [1.807, 2.05) is 23.6 Å². The number of imidazole rings is 1. The summed E-state index contributed by atoms with van der Waals surface area (Å²) in [6.45, 7) is 2.02. The minimum atomic E-state index is -0.569. The van der Waals surface area contributed by atoms with Crippen LogP contribution in [0.4, 0.5) is 11.6 Å². The van der Waals surface area contributed by atoms with Crippen molar-refractivity contribution in [2.45, 2.75) is 32.2 Å². The Morgan fingerprint density at radius 3 is 2.59 bits per heavy atom. The van der Waals surface area contributed by atoms with Crippen LogP contribution >= 0.6 is 10.0 Å². The third-order valence-electron chi connectivity index (χ3n) is 6.50. The van der Waals surface area contributed by atoms with E-state index in [4.69, 9.17) is 4.98 Å². The lowest BCUT2D eigenvalue weighted by Gasteiger charge is -2.29. The molecule has 1 N–H and O–H groups in total. The van der Waals surface area contributed by atoms with Crippen LogP contribution in [-0.4, -0.2) is 53.1 Å². The molecule has 5 rings (SSSR count). The average molecular weight is 452 g/mol. The van der Waals surface area contributed by atoms with Crippen LogP contribution in [0.1, 0.15) is 30.9 Å². The summed E-state index contributed by atoms with van der Waals surface area (Å²) in [5.41, 5.74) is 5.01. The van der Waals surface area contributed by atoms with Gasteiger partial charge in [0.05, 0.1) is 17.2 Å². The molecule has 0 saturated carbocycles. The second-order valence-corrected chi connectivity index (χ2v) is 13.6. The minimum absolute atomic E-state index is 0.0108. The molecule has 4 heterocycles. The first-order chi connectivity index (χ1) is 15.3. The average Bonchev–Trinajstić information content (AvgIpc) is 2.88. The van der Waals surface area contributed by atoms with Crippen LogP contribution in [0.15, 0.2) is 35.5 Å². The van der Waals surface area contributed by atoms with E-state index in [1.54, 1.807) is 30.2 Å². The molecule has 0 aliphatic carbocycles. The molecule has 1 atom stereocenters. The van der Waals surface area contributed by atoms with Crippen LogP contribution in [0.5, 0.6) is 0 Å². The summed E-state index contributed by atoms with van der Waals surface area (Å²) in [7, 11) is 1.23. The molecule has 1 saturated heterocycles. The highest BCUT2D eigenvalue weighted by atomic mass is 32.3. The van der Waals surface area contributed by atoms with Crippen LogP contribution in [0.25, 0.3) is 22.2 Å². The van der Waals surface area contributed by atoms with Gasteiger partial charge in [0, 0.05) is 31.2 Å². The van der Waals surface area contributed by atoms with Crippen LogP contribution in [0.3, 0.4) is 0 Å². The number of nitrogens with zero attached hydrogens (tertiary/aromatic N) is 6. The molecule has 9 heteroatoms. The normalized spacial score (nSPS) is 19.7. The van der Waals surface area contributed by atoms with Crippen molar-refractivity contribution in [3.05, 3.63) is 46.8 Å². The Morgan fingerprint density at radius 2 is 1.81 bits per heavy atom. The smallest absolute Gasteiger partial charge is 0.324 e. The van der Waals surface area contributed by atoms with Crippen molar-refractivity contribution < 1.29 is 0 Å². The van der Waals surface area contributed by atoms with Gasteiger partial charge in [0.15, 0.2) is 5.65 Å². The van der Waals surface area contributed by atoms with Gasteiger partial charge in [0.1, 0.15) is 5.52 Å². The molecule has 3 aromatic heterocycles. The van der Waals surface area contributed by atoms with Crippen LogP contribution in [0, 0.1) is 6.92 Å². The maximum Gasteiger partial charge on any atom is 0.330 e. The van der Waals surface area contributed by atoms with Gasteiger partial charge in [-0.2, -0.15) is 4.98 Å². The fourth-order valence-electron chi connectivity index (χ4n) is 4.56. The summed E-state index contributed by atoms with van der Waals surface area (Å²) < 4.78 is 3.57. The van der Waals surface area contributed by atoms with E-state index in [0.717, 1.165) is 47.1 Å². The predicted molar refractivity (Wildman–Crippen MR) is 132 cm³/mol. The molecule has 0 radical (unpaired) electrons. The summed E-state index contributed by atoms with van der Waals surface area (Å²) in [4.78, 5) is 31.2. The van der Waals surface area contributed by atoms with E-state index in [0.29, 0.717) is 11.6 Å². The van der Waals surface area contributed by atoms with Gasteiger partial charge in [0.25, 0.3) is 0 Å². The maximum atomic E-state index is 13.2. The van der Waals surface area contributed by atoms with Crippen molar-refractivity contribution in [3.63, 3.8) is 0 Å². The lowest BCUT2D eigenvalue weighted by Crippen LogP contribution is -2.26. The molecule has 4 aromatic rings. The third-order valence-corrected chi connectivity index (χ3v) is 9.23. The third kappa shape index (κ3) is 3.74. The van der Waals surface area contributed by atoms with Crippen LogP contribution in [0.2, 0.25) is 0 Å². The molecular weight excluding hydrogens is 422 g/mol. The summed E-state index contributed by atoms with van der Waals surface area (Å²) in [6, 6.07) is 4.14. The molecule has 168 valence electrons. The molecule has 1 aliphatic heterocycles. The van der Waals surface area contributed by atoms with E-state index < -0.39 is 10.0 Å². The van der Waals surface area contributed by atoms with Crippen molar-refractivity contribution >= 4 is 43.9 Å². The van der Waals surface area contributed by atoms with Gasteiger partial charge in [-0.15, -0.1) is 0 Å². The van der Waals surface area contributed by atoms with Crippen molar-refractivity contribution in [3.8, 4) is 0 Å². The van der Waals surface area contributed by atoms with E-state index in [1.165, 1.54) is 11.5 Å². The minimum Gasteiger partial charge on any atom is -0.324 e. The molecule has 0 amide bonds. The quantitative estimate of drug-likeness (QED) is 0.508.